The van der Waals surface area contributed by atoms with Crippen LogP contribution >= 0.6 is 12.2 Å². The summed E-state index contributed by atoms with van der Waals surface area (Å²) in [6, 6.07) is 10.9. The topological polar surface area (TPSA) is 114 Å². The van der Waals surface area contributed by atoms with Crippen molar-refractivity contribution in [3.8, 4) is 11.5 Å². The summed E-state index contributed by atoms with van der Waals surface area (Å²) in [5.41, 5.74) is 1.24. The van der Waals surface area contributed by atoms with Crippen LogP contribution < -0.4 is 15.4 Å². The molecule has 2 aromatic carbocycles. The molecule has 0 aliphatic carbocycles. The highest BCUT2D eigenvalue weighted by molar-refractivity contribution is 7.80. The van der Waals surface area contributed by atoms with E-state index in [1.165, 1.54) is 19.1 Å². The van der Waals surface area contributed by atoms with Gasteiger partial charge in [0.05, 0.1) is 28.8 Å². The summed E-state index contributed by atoms with van der Waals surface area (Å²) in [6.45, 7) is 3.17. The van der Waals surface area contributed by atoms with Gasteiger partial charge in [0, 0.05) is 5.57 Å². The number of nitro groups is 1. The number of nitrogens with one attached hydrogen (secondary N) is 2. The second kappa shape index (κ2) is 8.27. The Bertz CT molecular complexity index is 1020. The van der Waals surface area contributed by atoms with Crippen LogP contribution in [0.3, 0.4) is 0 Å². The Balaban J connectivity index is 2.29. The minimum Gasteiger partial charge on any atom is -0.504 e. The van der Waals surface area contributed by atoms with Crippen LogP contribution in [0.1, 0.15) is 31.0 Å². The van der Waals surface area contributed by atoms with Crippen LogP contribution in [-0.2, 0) is 4.79 Å². The number of rotatable bonds is 6. The molecule has 0 bridgehead atoms. The zero-order chi connectivity index (χ0) is 21.1. The zero-order valence-electron chi connectivity index (χ0n) is 15.8. The van der Waals surface area contributed by atoms with E-state index in [0.29, 0.717) is 11.3 Å². The van der Waals surface area contributed by atoms with E-state index < -0.39 is 16.7 Å². The first-order valence-electron chi connectivity index (χ1n) is 8.86. The second-order valence-corrected chi connectivity index (χ2v) is 6.69. The maximum Gasteiger partial charge on any atom is 0.320 e. The fourth-order valence-electron chi connectivity index (χ4n) is 3.29. The van der Waals surface area contributed by atoms with E-state index in [0.717, 1.165) is 5.56 Å². The largest absolute Gasteiger partial charge is 0.504 e. The van der Waals surface area contributed by atoms with E-state index in [-0.39, 0.29) is 34.6 Å². The molecule has 0 saturated heterocycles. The highest BCUT2D eigenvalue weighted by atomic mass is 32.1. The van der Waals surface area contributed by atoms with Crippen molar-refractivity contribution >= 4 is 34.5 Å². The highest BCUT2D eigenvalue weighted by Crippen LogP contribution is 2.44. The molecule has 0 saturated carbocycles. The lowest BCUT2D eigenvalue weighted by atomic mass is 9.89. The molecule has 2 aromatic rings. The lowest BCUT2D eigenvalue weighted by Crippen LogP contribution is -2.44. The SMILES string of the molecule is CCOc1c(O)ccc([C@@H]2NC(=S)NC(c3ccccc3)=C2C(C)=O)c1[N+](=O)[O-]. The fourth-order valence-corrected chi connectivity index (χ4v) is 3.51. The summed E-state index contributed by atoms with van der Waals surface area (Å²) >= 11 is 5.30. The lowest BCUT2D eigenvalue weighted by molar-refractivity contribution is -0.386. The Labute approximate surface area is 172 Å². The normalized spacial score (nSPS) is 16.1. The van der Waals surface area contributed by atoms with Gasteiger partial charge in [-0.15, -0.1) is 0 Å². The van der Waals surface area contributed by atoms with E-state index in [2.05, 4.69) is 10.6 Å². The first kappa shape index (κ1) is 20.3. The van der Waals surface area contributed by atoms with Crippen molar-refractivity contribution in [1.82, 2.24) is 10.6 Å². The summed E-state index contributed by atoms with van der Waals surface area (Å²) in [4.78, 5) is 23.8. The third-order valence-corrected chi connectivity index (χ3v) is 4.66. The predicted octanol–water partition coefficient (Wildman–Crippen LogP) is 3.22. The molecule has 1 aliphatic heterocycles. The highest BCUT2D eigenvalue weighted by Gasteiger charge is 2.37. The van der Waals surface area contributed by atoms with Gasteiger partial charge in [-0.1, -0.05) is 30.3 Å². The van der Waals surface area contributed by atoms with Gasteiger partial charge >= 0.3 is 5.69 Å². The van der Waals surface area contributed by atoms with E-state index in [4.69, 9.17) is 17.0 Å². The van der Waals surface area contributed by atoms with Crippen LogP contribution in [0.4, 0.5) is 5.69 Å². The number of Topliss-reactive ketones (excluding diaryl/α,β-unsaturated/α-hetero) is 1. The van der Waals surface area contributed by atoms with Crippen LogP contribution in [0.5, 0.6) is 11.5 Å². The van der Waals surface area contributed by atoms with Gasteiger partial charge < -0.3 is 20.5 Å². The van der Waals surface area contributed by atoms with Gasteiger partial charge in [0.15, 0.2) is 16.6 Å². The summed E-state index contributed by atoms with van der Waals surface area (Å²) in [5.74, 6) is -0.877. The maximum absolute atomic E-state index is 12.6. The van der Waals surface area contributed by atoms with E-state index in [1.807, 2.05) is 30.3 Å². The Hall–Kier alpha value is -3.46. The second-order valence-electron chi connectivity index (χ2n) is 6.28. The number of carbonyl (C=O) groups excluding carboxylic acids is 1. The third kappa shape index (κ3) is 3.90. The summed E-state index contributed by atoms with van der Waals surface area (Å²) in [7, 11) is 0. The summed E-state index contributed by atoms with van der Waals surface area (Å²) < 4.78 is 5.33. The molecule has 3 rings (SSSR count). The third-order valence-electron chi connectivity index (χ3n) is 4.44. The average Bonchev–Trinajstić information content (AvgIpc) is 2.69. The molecule has 1 aliphatic rings. The minimum absolute atomic E-state index is 0.126. The molecule has 150 valence electrons. The molecule has 1 atom stereocenters. The number of ketones is 1. The van der Waals surface area contributed by atoms with Crippen LogP contribution in [0.2, 0.25) is 0 Å². The van der Waals surface area contributed by atoms with Gasteiger partial charge in [0.2, 0.25) is 5.75 Å². The number of aromatic hydroxyl groups is 1. The number of phenols is 1. The van der Waals surface area contributed by atoms with Crippen molar-refractivity contribution < 1.29 is 19.6 Å². The molecule has 8 nitrogen and oxygen atoms in total. The van der Waals surface area contributed by atoms with Crippen molar-refractivity contribution in [2.45, 2.75) is 19.9 Å². The van der Waals surface area contributed by atoms with Crippen molar-refractivity contribution in [2.24, 2.45) is 0 Å². The van der Waals surface area contributed by atoms with Gasteiger partial charge in [-0.2, -0.15) is 0 Å². The molecular weight excluding hydrogens is 394 g/mol. The standard InChI is InChI=1S/C20H19N3O5S/c1-3-28-19-14(25)10-9-13(18(19)23(26)27)17-15(11(2)24)16(21-20(29)22-17)12-7-5-4-6-8-12/h4-10,17,25H,3H2,1-2H3,(H2,21,22,29)/t17-/m0/s1. The first-order valence-corrected chi connectivity index (χ1v) is 9.27. The van der Waals surface area contributed by atoms with Crippen molar-refractivity contribution in [3.63, 3.8) is 0 Å². The van der Waals surface area contributed by atoms with Crippen molar-refractivity contribution in [2.75, 3.05) is 6.61 Å². The number of benzene rings is 2. The lowest BCUT2D eigenvalue weighted by Gasteiger charge is -2.31. The molecule has 3 N–H and O–H groups in total. The van der Waals surface area contributed by atoms with Gasteiger partial charge in [-0.25, -0.2) is 0 Å². The number of carbonyl (C=O) groups is 1. The zero-order valence-corrected chi connectivity index (χ0v) is 16.6. The number of nitro benzene ring substituents is 1. The number of phenolic OH excluding ortho intramolecular Hbond substituents is 1. The Morgan fingerprint density at radius 3 is 2.55 bits per heavy atom. The van der Waals surface area contributed by atoms with Gasteiger partial charge in [0.1, 0.15) is 0 Å². The monoisotopic (exact) mass is 413 g/mol. The molecule has 0 unspecified atom stereocenters. The molecule has 9 heteroatoms. The van der Waals surface area contributed by atoms with Gasteiger partial charge in [0.25, 0.3) is 0 Å². The Morgan fingerprint density at radius 2 is 1.97 bits per heavy atom. The molecule has 0 amide bonds. The number of thiocarbonyl (C=S) groups is 1. The number of nitrogens with zero attached hydrogens (tertiary/aromatic N) is 1. The van der Waals surface area contributed by atoms with Crippen molar-refractivity contribution in [1.29, 1.82) is 0 Å². The van der Waals surface area contributed by atoms with Crippen LogP contribution in [0, 0.1) is 10.1 Å². The molecule has 29 heavy (non-hydrogen) atoms. The molecule has 0 aromatic heterocycles. The quantitative estimate of drug-likeness (QED) is 0.376. The Morgan fingerprint density at radius 1 is 1.28 bits per heavy atom. The first-order chi connectivity index (χ1) is 13.8. The van der Waals surface area contributed by atoms with Crippen LogP contribution in [0.15, 0.2) is 48.0 Å². The van der Waals surface area contributed by atoms with Crippen LogP contribution in [0.25, 0.3) is 5.70 Å². The van der Waals surface area contributed by atoms with Gasteiger partial charge in [-0.3, -0.25) is 14.9 Å². The smallest absolute Gasteiger partial charge is 0.320 e. The molecule has 0 fully saturated rings. The molecular formula is C20H19N3O5S. The van der Waals surface area contributed by atoms with Crippen molar-refractivity contribution in [3.05, 3.63) is 69.3 Å². The average molecular weight is 413 g/mol. The fraction of sp³-hybridized carbons (Fsp3) is 0.200. The number of ether oxygens (including phenoxy) is 1. The van der Waals surface area contributed by atoms with E-state index >= 15 is 0 Å². The minimum atomic E-state index is -0.892. The summed E-state index contributed by atoms with van der Waals surface area (Å²) in [5, 5.41) is 28.1. The predicted molar refractivity (Wildman–Crippen MR) is 112 cm³/mol. The van der Waals surface area contributed by atoms with Crippen LogP contribution in [-0.4, -0.2) is 27.5 Å². The number of hydrogen-bond acceptors (Lipinski definition) is 6. The number of hydrogen-bond donors (Lipinski definition) is 3. The Kier molecular flexibility index (Phi) is 5.79. The summed E-state index contributed by atoms with van der Waals surface area (Å²) in [6.07, 6.45) is 0. The molecule has 1 heterocycles. The van der Waals surface area contributed by atoms with Gasteiger partial charge in [-0.05, 0) is 43.8 Å². The van der Waals surface area contributed by atoms with E-state index in [9.17, 15) is 20.0 Å². The molecule has 0 spiro atoms. The van der Waals surface area contributed by atoms with E-state index in [1.54, 1.807) is 6.92 Å². The maximum atomic E-state index is 12.6. The molecule has 0 radical (unpaired) electrons.